The first-order valence-corrected chi connectivity index (χ1v) is 13.3. The van der Waals surface area contributed by atoms with E-state index in [1.54, 1.807) is 12.1 Å². The van der Waals surface area contributed by atoms with Gasteiger partial charge in [0, 0.05) is 6.42 Å². The van der Waals surface area contributed by atoms with Gasteiger partial charge in [-0.15, -0.1) is 6.58 Å². The van der Waals surface area contributed by atoms with Crippen LogP contribution in [0.4, 0.5) is 39.5 Å². The fourth-order valence-electron chi connectivity index (χ4n) is 3.47. The van der Waals surface area contributed by atoms with Gasteiger partial charge in [0.1, 0.15) is 5.75 Å². The van der Waals surface area contributed by atoms with Crippen LogP contribution in [-0.2, 0) is 11.3 Å². The van der Waals surface area contributed by atoms with E-state index in [4.69, 9.17) is 9.47 Å². The molecule has 1 aromatic carbocycles. The average Bonchev–Trinajstić information content (AvgIpc) is 2.89. The number of ether oxygens (including phenoxy) is 2. The summed E-state index contributed by atoms with van der Waals surface area (Å²) in [4.78, 5) is 0. The second-order valence-corrected chi connectivity index (χ2v) is 10.3. The summed E-state index contributed by atoms with van der Waals surface area (Å²) in [6.07, 6.45) is 2.65. The van der Waals surface area contributed by atoms with Crippen molar-refractivity contribution < 1.29 is 49.0 Å². The van der Waals surface area contributed by atoms with Crippen LogP contribution in [0.25, 0.3) is 0 Å². The van der Waals surface area contributed by atoms with Gasteiger partial charge >= 0.3 is 23.9 Å². The molecule has 0 amide bonds. The number of halogens is 9. The molecule has 2 nitrogen and oxygen atoms in total. The maximum atomic E-state index is 13.6. The van der Waals surface area contributed by atoms with Crippen molar-refractivity contribution in [2.24, 2.45) is 17.8 Å². The molecule has 41 heavy (non-hydrogen) atoms. The zero-order chi connectivity index (χ0) is 31.5. The molecule has 0 aliphatic heterocycles. The van der Waals surface area contributed by atoms with Crippen LogP contribution in [0.1, 0.15) is 58.9 Å². The molecule has 11 heteroatoms. The quantitative estimate of drug-likeness (QED) is 0.0946. The summed E-state index contributed by atoms with van der Waals surface area (Å²) in [6, 6.07) is 6.22. The van der Waals surface area contributed by atoms with Crippen molar-refractivity contribution in [3.05, 3.63) is 66.8 Å². The number of allylic oxidation sites excluding steroid dienone is 4. The largest absolute Gasteiger partial charge is 0.494 e. The Balaban J connectivity index is 2.47. The van der Waals surface area contributed by atoms with Crippen molar-refractivity contribution in [3.8, 4) is 5.75 Å². The van der Waals surface area contributed by atoms with Crippen molar-refractivity contribution in [2.45, 2.75) is 90.0 Å². The van der Waals surface area contributed by atoms with Crippen LogP contribution in [-0.4, -0.2) is 36.7 Å². The third-order valence-corrected chi connectivity index (χ3v) is 6.61. The van der Waals surface area contributed by atoms with E-state index in [0.717, 1.165) is 18.4 Å². The van der Waals surface area contributed by atoms with E-state index in [2.05, 4.69) is 44.7 Å². The lowest BCUT2D eigenvalue weighted by Crippen LogP contribution is -2.60. The van der Waals surface area contributed by atoms with Gasteiger partial charge in [-0.2, -0.15) is 39.5 Å². The van der Waals surface area contributed by atoms with E-state index in [1.165, 1.54) is 12.1 Å². The first-order valence-electron chi connectivity index (χ1n) is 13.3. The van der Waals surface area contributed by atoms with E-state index < -0.39 is 43.4 Å². The molecule has 0 aromatic heterocycles. The van der Waals surface area contributed by atoms with Gasteiger partial charge in [-0.3, -0.25) is 0 Å². The van der Waals surface area contributed by atoms with E-state index >= 15 is 0 Å². The topological polar surface area (TPSA) is 18.5 Å². The Morgan fingerprint density at radius 3 is 1.90 bits per heavy atom. The van der Waals surface area contributed by atoms with Crippen molar-refractivity contribution >= 4 is 0 Å². The monoisotopic (exact) mass is 602 g/mol. The van der Waals surface area contributed by atoms with Crippen molar-refractivity contribution in [3.63, 3.8) is 0 Å². The van der Waals surface area contributed by atoms with Gasteiger partial charge in [-0.05, 0) is 61.6 Å². The van der Waals surface area contributed by atoms with Crippen LogP contribution in [0.5, 0.6) is 5.75 Å². The van der Waals surface area contributed by atoms with Crippen molar-refractivity contribution in [2.75, 3.05) is 6.61 Å². The molecule has 0 N–H and O–H groups in total. The van der Waals surface area contributed by atoms with Gasteiger partial charge in [0.2, 0.25) is 0 Å². The fourth-order valence-corrected chi connectivity index (χ4v) is 3.47. The first kappa shape index (κ1) is 36.6. The Morgan fingerprint density at radius 2 is 1.34 bits per heavy atom. The standard InChI is InChI=1S/C30H39F9O2/c1-6-21(2)10-7-11-22(3)12-8-13-23(4)24(5)41-20-25-14-16-26(17-15-25)40-19-9-18-27(31,32)28(33,34)29(35,36)30(37,38)39/h6-8,11,13-17,21-24H,1,9-10,12,18-20H2,2-5H3/b11-7+,13-8+/t21-,22+,23-,24-/m0/s1. The highest BCUT2D eigenvalue weighted by atomic mass is 19.4. The van der Waals surface area contributed by atoms with Gasteiger partial charge in [-0.1, -0.05) is 63.3 Å². The summed E-state index contributed by atoms with van der Waals surface area (Å²) in [5.74, 6) is -17.9. The minimum absolute atomic E-state index is 0.0917. The number of alkyl halides is 9. The zero-order valence-electron chi connectivity index (χ0n) is 23.7. The molecular weight excluding hydrogens is 563 g/mol. The third-order valence-electron chi connectivity index (χ3n) is 6.61. The summed E-state index contributed by atoms with van der Waals surface area (Å²) in [6.45, 7) is 11.7. The van der Waals surface area contributed by atoms with Crippen LogP contribution < -0.4 is 4.74 Å². The van der Waals surface area contributed by atoms with Crippen LogP contribution in [0.15, 0.2) is 61.2 Å². The van der Waals surface area contributed by atoms with Crippen LogP contribution in [0.2, 0.25) is 0 Å². The van der Waals surface area contributed by atoms with E-state index in [0.29, 0.717) is 11.8 Å². The Hall–Kier alpha value is -2.43. The van der Waals surface area contributed by atoms with Crippen molar-refractivity contribution in [1.82, 2.24) is 0 Å². The maximum Gasteiger partial charge on any atom is 0.460 e. The summed E-state index contributed by atoms with van der Waals surface area (Å²) >= 11 is 0. The molecule has 1 rings (SSSR count). The van der Waals surface area contributed by atoms with Crippen LogP contribution >= 0.6 is 0 Å². The summed E-state index contributed by atoms with van der Waals surface area (Å²) in [7, 11) is 0. The Kier molecular flexibility index (Phi) is 14.0. The average molecular weight is 603 g/mol. The molecule has 0 radical (unpaired) electrons. The lowest BCUT2D eigenvalue weighted by atomic mass is 10.00. The second-order valence-electron chi connectivity index (χ2n) is 10.3. The van der Waals surface area contributed by atoms with Gasteiger partial charge < -0.3 is 9.47 Å². The molecule has 0 bridgehead atoms. The van der Waals surface area contributed by atoms with Crippen molar-refractivity contribution in [1.29, 1.82) is 0 Å². The second kappa shape index (κ2) is 15.7. The molecule has 0 unspecified atom stereocenters. The summed E-state index contributed by atoms with van der Waals surface area (Å²) in [5, 5.41) is 0. The lowest BCUT2D eigenvalue weighted by molar-refractivity contribution is -0.396. The van der Waals surface area contributed by atoms with Gasteiger partial charge in [0.15, 0.2) is 0 Å². The van der Waals surface area contributed by atoms with E-state index in [1.807, 2.05) is 19.9 Å². The zero-order valence-corrected chi connectivity index (χ0v) is 23.7. The lowest BCUT2D eigenvalue weighted by Gasteiger charge is -2.33. The predicted molar refractivity (Wildman–Crippen MR) is 142 cm³/mol. The smallest absolute Gasteiger partial charge is 0.460 e. The number of rotatable bonds is 18. The number of hydrogen-bond donors (Lipinski definition) is 0. The SMILES string of the molecule is C=C[C@H](C)C/C=C/[C@@H](C)C/C=C/[C@H](C)[C@H](C)OCc1ccc(OCCCC(F)(F)C(F)(F)C(F)(F)C(F)(F)F)cc1. The van der Waals surface area contributed by atoms with E-state index in [-0.39, 0.29) is 24.4 Å². The van der Waals surface area contributed by atoms with Crippen LogP contribution in [0, 0.1) is 17.8 Å². The fraction of sp³-hybridized carbons (Fsp3) is 0.600. The van der Waals surface area contributed by atoms with Crippen LogP contribution in [0.3, 0.4) is 0 Å². The minimum Gasteiger partial charge on any atom is -0.494 e. The summed E-state index contributed by atoms with van der Waals surface area (Å²) in [5.41, 5.74) is 0.772. The number of benzene rings is 1. The molecule has 0 aliphatic carbocycles. The Labute approximate surface area is 236 Å². The highest BCUT2D eigenvalue weighted by Gasteiger charge is 2.81. The normalized spacial score (nSPS) is 16.6. The first-order chi connectivity index (χ1) is 18.9. The predicted octanol–water partition coefficient (Wildman–Crippen LogP) is 10.2. The van der Waals surface area contributed by atoms with Gasteiger partial charge in [-0.25, -0.2) is 0 Å². The van der Waals surface area contributed by atoms with E-state index in [9.17, 15) is 39.5 Å². The molecule has 0 saturated carbocycles. The highest BCUT2D eigenvalue weighted by Crippen LogP contribution is 2.54. The Bertz CT molecular complexity index is 969. The summed E-state index contributed by atoms with van der Waals surface area (Å²) < 4.78 is 127. The molecule has 0 heterocycles. The number of hydrogen-bond acceptors (Lipinski definition) is 2. The Morgan fingerprint density at radius 1 is 0.780 bits per heavy atom. The minimum atomic E-state index is -6.88. The highest BCUT2D eigenvalue weighted by molar-refractivity contribution is 5.26. The molecule has 1 aromatic rings. The van der Waals surface area contributed by atoms with Gasteiger partial charge in [0.05, 0.1) is 19.3 Å². The van der Waals surface area contributed by atoms with Gasteiger partial charge in [0.25, 0.3) is 0 Å². The molecule has 234 valence electrons. The maximum absolute atomic E-state index is 13.6. The molecule has 0 saturated heterocycles. The molecule has 0 fully saturated rings. The third kappa shape index (κ3) is 11.1. The molecule has 0 aliphatic rings. The molecule has 4 atom stereocenters. The molecular formula is C30H39F9O2. The molecule has 0 spiro atoms.